The summed E-state index contributed by atoms with van der Waals surface area (Å²) in [6, 6.07) is 8.23. The first-order valence-electron chi connectivity index (χ1n) is 9.16. The van der Waals surface area contributed by atoms with Crippen molar-refractivity contribution in [1.29, 1.82) is 0 Å². The first-order valence-corrected chi connectivity index (χ1v) is 9.16. The molecule has 0 unspecified atom stereocenters. The van der Waals surface area contributed by atoms with Gasteiger partial charge in [0.1, 0.15) is 29.1 Å². The zero-order chi connectivity index (χ0) is 18.6. The Morgan fingerprint density at radius 2 is 2.15 bits per heavy atom. The number of pyridine rings is 1. The van der Waals surface area contributed by atoms with E-state index >= 15 is 0 Å². The molecule has 2 aromatic rings. The van der Waals surface area contributed by atoms with E-state index in [1.807, 2.05) is 25.1 Å². The van der Waals surface area contributed by atoms with E-state index < -0.39 is 12.1 Å². The van der Waals surface area contributed by atoms with Crippen LogP contribution < -0.4 is 19.7 Å². The van der Waals surface area contributed by atoms with Gasteiger partial charge in [0.05, 0.1) is 12.8 Å². The lowest BCUT2D eigenvalue weighted by molar-refractivity contribution is -0.118. The molecule has 1 atom stereocenters. The van der Waals surface area contributed by atoms with Gasteiger partial charge in [-0.2, -0.15) is 0 Å². The number of rotatable bonds is 4. The van der Waals surface area contributed by atoms with Crippen LogP contribution in [0, 0.1) is 0 Å². The minimum absolute atomic E-state index is 0.106. The number of fused-ring (bicyclic) bond motifs is 2. The minimum atomic E-state index is -0.489. The molecular formula is C20H19N3O4. The Morgan fingerprint density at radius 3 is 2.81 bits per heavy atom. The van der Waals surface area contributed by atoms with Crippen molar-refractivity contribution in [2.75, 3.05) is 11.5 Å². The van der Waals surface area contributed by atoms with Crippen molar-refractivity contribution in [3.8, 4) is 17.2 Å². The molecule has 1 spiro atoms. The number of urea groups is 1. The molecule has 7 heteroatoms. The van der Waals surface area contributed by atoms with Crippen molar-refractivity contribution in [3.63, 3.8) is 0 Å². The van der Waals surface area contributed by atoms with Crippen LogP contribution in [0.5, 0.6) is 17.2 Å². The van der Waals surface area contributed by atoms with Crippen LogP contribution in [0.4, 0.5) is 10.6 Å². The average molecular weight is 365 g/mol. The van der Waals surface area contributed by atoms with Gasteiger partial charge >= 0.3 is 6.03 Å². The molecule has 3 heterocycles. The van der Waals surface area contributed by atoms with Crippen molar-refractivity contribution < 1.29 is 19.1 Å². The highest BCUT2D eigenvalue weighted by atomic mass is 16.5. The van der Waals surface area contributed by atoms with Gasteiger partial charge in [0, 0.05) is 11.0 Å². The van der Waals surface area contributed by atoms with E-state index in [9.17, 15) is 9.59 Å². The molecule has 138 valence electrons. The summed E-state index contributed by atoms with van der Waals surface area (Å²) in [6.45, 7) is 2.57. The molecule has 1 saturated carbocycles. The second-order valence-corrected chi connectivity index (χ2v) is 7.24. The third-order valence-corrected chi connectivity index (χ3v) is 5.48. The molecule has 1 aliphatic carbocycles. The second-order valence-electron chi connectivity index (χ2n) is 7.24. The normalized spacial score (nSPS) is 21.8. The number of ether oxygens (including phenoxy) is 2. The van der Waals surface area contributed by atoms with Crippen LogP contribution in [-0.2, 0) is 10.2 Å². The number of nitrogens with zero attached hydrogens (tertiary/aromatic N) is 2. The van der Waals surface area contributed by atoms with E-state index in [1.54, 1.807) is 12.1 Å². The number of nitrogens with one attached hydrogen (secondary N) is 1. The summed E-state index contributed by atoms with van der Waals surface area (Å²) in [5.74, 6) is 2.23. The van der Waals surface area contributed by atoms with Gasteiger partial charge in [0.25, 0.3) is 5.91 Å². The number of aromatic nitrogens is 1. The molecule has 0 radical (unpaired) electrons. The first-order chi connectivity index (χ1) is 13.1. The van der Waals surface area contributed by atoms with Crippen molar-refractivity contribution in [3.05, 3.63) is 42.1 Å². The lowest BCUT2D eigenvalue weighted by Crippen LogP contribution is -2.31. The van der Waals surface area contributed by atoms with Gasteiger partial charge in [-0.3, -0.25) is 4.79 Å². The Balaban J connectivity index is 1.39. The van der Waals surface area contributed by atoms with Crippen LogP contribution in [0.25, 0.3) is 0 Å². The quantitative estimate of drug-likeness (QED) is 0.842. The number of carbonyl (C=O) groups is 2. The number of carbonyl (C=O) groups excluding carboxylic acids is 2. The molecule has 1 N–H and O–H groups in total. The predicted molar refractivity (Wildman–Crippen MR) is 97.3 cm³/mol. The molecule has 1 aromatic carbocycles. The van der Waals surface area contributed by atoms with Crippen LogP contribution in [0.1, 0.15) is 31.7 Å². The Kier molecular flexibility index (Phi) is 3.40. The van der Waals surface area contributed by atoms with Crippen LogP contribution >= 0.6 is 0 Å². The lowest BCUT2D eigenvalue weighted by Gasteiger charge is -2.14. The van der Waals surface area contributed by atoms with E-state index in [4.69, 9.17) is 9.47 Å². The Bertz CT molecular complexity index is 937. The second kappa shape index (κ2) is 5.70. The first kappa shape index (κ1) is 16.1. The van der Waals surface area contributed by atoms with E-state index in [-0.39, 0.29) is 11.3 Å². The molecule has 3 amide bonds. The molecule has 0 bridgehead atoms. The van der Waals surface area contributed by atoms with Gasteiger partial charge in [-0.05, 0) is 43.5 Å². The summed E-state index contributed by atoms with van der Waals surface area (Å²) in [5, 5.41) is 2.65. The van der Waals surface area contributed by atoms with Crippen molar-refractivity contribution in [2.45, 2.75) is 37.6 Å². The van der Waals surface area contributed by atoms with Gasteiger partial charge < -0.3 is 14.8 Å². The minimum Gasteiger partial charge on any atom is -0.492 e. The zero-order valence-electron chi connectivity index (χ0n) is 14.9. The van der Waals surface area contributed by atoms with E-state index in [0.717, 1.165) is 34.8 Å². The fourth-order valence-corrected chi connectivity index (χ4v) is 3.79. The maximum atomic E-state index is 12.3. The Labute approximate surface area is 156 Å². The predicted octanol–water partition coefficient (Wildman–Crippen LogP) is 3.13. The zero-order valence-corrected chi connectivity index (χ0v) is 14.9. The summed E-state index contributed by atoms with van der Waals surface area (Å²) in [5.41, 5.74) is 1.24. The Hall–Kier alpha value is -3.09. The molecule has 1 saturated heterocycles. The number of imide groups is 1. The molecule has 7 nitrogen and oxygen atoms in total. The SMILES string of the molecule is CC[C@H]1NC(=O)N(c2ccc(Oc3cccc4c3C3(CC3)CO4)cn2)C1=O. The lowest BCUT2D eigenvalue weighted by atomic mass is 9.97. The maximum absolute atomic E-state index is 12.3. The highest BCUT2D eigenvalue weighted by Gasteiger charge is 2.52. The summed E-state index contributed by atoms with van der Waals surface area (Å²) < 4.78 is 11.9. The summed E-state index contributed by atoms with van der Waals surface area (Å²) in [7, 11) is 0. The van der Waals surface area contributed by atoms with E-state index in [0.29, 0.717) is 24.6 Å². The van der Waals surface area contributed by atoms with Crippen LogP contribution in [0.15, 0.2) is 36.5 Å². The molecule has 2 fully saturated rings. The number of anilines is 1. The maximum Gasteiger partial charge on any atom is 0.330 e. The Morgan fingerprint density at radius 1 is 1.30 bits per heavy atom. The molecule has 5 rings (SSSR count). The van der Waals surface area contributed by atoms with Crippen molar-refractivity contribution in [1.82, 2.24) is 10.3 Å². The van der Waals surface area contributed by atoms with Gasteiger partial charge in [0.2, 0.25) is 0 Å². The van der Waals surface area contributed by atoms with E-state index in [1.165, 1.54) is 6.20 Å². The topological polar surface area (TPSA) is 80.8 Å². The number of hydrogen-bond acceptors (Lipinski definition) is 5. The molecule has 27 heavy (non-hydrogen) atoms. The average Bonchev–Trinajstić information content (AvgIpc) is 3.27. The van der Waals surface area contributed by atoms with Gasteiger partial charge in [-0.25, -0.2) is 14.7 Å². The molecule has 3 aliphatic rings. The third-order valence-electron chi connectivity index (χ3n) is 5.48. The monoisotopic (exact) mass is 365 g/mol. The largest absolute Gasteiger partial charge is 0.492 e. The fraction of sp³-hybridized carbons (Fsp3) is 0.350. The smallest absolute Gasteiger partial charge is 0.330 e. The number of benzene rings is 1. The summed E-state index contributed by atoms with van der Waals surface area (Å²) >= 11 is 0. The van der Waals surface area contributed by atoms with Crippen molar-refractivity contribution in [2.24, 2.45) is 0 Å². The molecule has 1 aromatic heterocycles. The standard InChI is InChI=1S/C20H19N3O4/c1-2-13-18(24)23(19(25)22-13)16-7-6-12(10-21-16)27-15-5-3-4-14-17(15)20(8-9-20)11-26-14/h3-7,10,13H,2,8-9,11H2,1H3,(H,22,25)/t13-/m1/s1. The molecule has 2 aliphatic heterocycles. The van der Waals surface area contributed by atoms with Crippen LogP contribution in [0.2, 0.25) is 0 Å². The highest BCUT2D eigenvalue weighted by Crippen LogP contribution is 2.58. The summed E-state index contributed by atoms with van der Waals surface area (Å²) in [4.78, 5) is 29.7. The number of hydrogen-bond donors (Lipinski definition) is 1. The van der Waals surface area contributed by atoms with Gasteiger partial charge in [-0.15, -0.1) is 0 Å². The fourth-order valence-electron chi connectivity index (χ4n) is 3.79. The summed E-state index contributed by atoms with van der Waals surface area (Å²) in [6.07, 6.45) is 4.31. The number of amides is 3. The van der Waals surface area contributed by atoms with Crippen LogP contribution in [0.3, 0.4) is 0 Å². The van der Waals surface area contributed by atoms with Crippen molar-refractivity contribution >= 4 is 17.8 Å². The van der Waals surface area contributed by atoms with E-state index in [2.05, 4.69) is 10.3 Å². The molecular weight excluding hydrogens is 346 g/mol. The van der Waals surface area contributed by atoms with Gasteiger partial charge in [-0.1, -0.05) is 13.0 Å². The van der Waals surface area contributed by atoms with Gasteiger partial charge in [0.15, 0.2) is 0 Å². The third kappa shape index (κ3) is 2.45. The van der Waals surface area contributed by atoms with Crippen LogP contribution in [-0.4, -0.2) is 29.6 Å². The highest BCUT2D eigenvalue weighted by molar-refractivity contribution is 6.20.